The largest absolute Gasteiger partial charge is 0.493 e. The lowest BCUT2D eigenvalue weighted by molar-refractivity contribution is -0.146. The predicted molar refractivity (Wildman–Crippen MR) is 165 cm³/mol. The van der Waals surface area contributed by atoms with Crippen molar-refractivity contribution in [3.05, 3.63) is 58.8 Å². The van der Waals surface area contributed by atoms with Crippen LogP contribution >= 0.6 is 0 Å². The summed E-state index contributed by atoms with van der Waals surface area (Å²) in [5.74, 6) is 0.977. The Bertz CT molecular complexity index is 1400. The van der Waals surface area contributed by atoms with E-state index in [2.05, 4.69) is 0 Å². The molecule has 1 aliphatic heterocycles. The van der Waals surface area contributed by atoms with Crippen molar-refractivity contribution >= 4 is 17.5 Å². The molecule has 43 heavy (non-hydrogen) atoms. The normalized spacial score (nSPS) is 22.4. The number of carbonyl (C=O) groups is 2. The fourth-order valence-corrected chi connectivity index (χ4v) is 6.75. The fourth-order valence-electron chi connectivity index (χ4n) is 6.75. The van der Waals surface area contributed by atoms with Gasteiger partial charge in [-0.25, -0.2) is 4.79 Å². The van der Waals surface area contributed by atoms with Crippen LogP contribution in [0.25, 0.3) is 0 Å². The topological polar surface area (TPSA) is 92.7 Å². The Balaban J connectivity index is 1.54. The number of ketones is 1. The summed E-state index contributed by atoms with van der Waals surface area (Å²) < 4.78 is 28.6. The van der Waals surface area contributed by atoms with Gasteiger partial charge in [-0.05, 0) is 86.8 Å². The number of aliphatic imine (C=N–C) groups is 1. The van der Waals surface area contributed by atoms with Crippen LogP contribution in [-0.4, -0.2) is 51.5 Å². The van der Waals surface area contributed by atoms with Crippen molar-refractivity contribution < 1.29 is 33.3 Å². The van der Waals surface area contributed by atoms with Gasteiger partial charge in [0.15, 0.2) is 23.0 Å². The highest BCUT2D eigenvalue weighted by Crippen LogP contribution is 2.48. The summed E-state index contributed by atoms with van der Waals surface area (Å²) >= 11 is 0. The number of rotatable bonds is 10. The molecule has 3 atom stereocenters. The maximum atomic E-state index is 14.1. The minimum absolute atomic E-state index is 0.0514. The van der Waals surface area contributed by atoms with Crippen molar-refractivity contribution in [1.82, 2.24) is 0 Å². The van der Waals surface area contributed by atoms with E-state index in [4.69, 9.17) is 28.7 Å². The lowest BCUT2D eigenvalue weighted by atomic mass is 9.66. The Labute approximate surface area is 254 Å². The standard InChI is InChI=1S/C35H43NO7/c1-6-16-42-29-15-13-23(20-31(29)41-5)33-32(35(38)43-25-10-8-7-9-11-25)21(2)36-26-17-24(18-27(37)34(26)33)22-12-14-28(39-3)30(19-22)40-4/h12-15,19-20,24-25,33-34H,6-11,16-18H2,1-5H3/t24-,33+,34?/m0/s1. The molecule has 1 heterocycles. The van der Waals surface area contributed by atoms with Gasteiger partial charge in [-0.15, -0.1) is 0 Å². The highest BCUT2D eigenvalue weighted by molar-refractivity contribution is 6.12. The number of esters is 1. The molecule has 0 amide bonds. The molecular weight excluding hydrogens is 546 g/mol. The molecule has 2 aromatic carbocycles. The zero-order valence-corrected chi connectivity index (χ0v) is 25.9. The molecule has 0 bridgehead atoms. The van der Waals surface area contributed by atoms with Crippen LogP contribution in [0, 0.1) is 5.92 Å². The van der Waals surface area contributed by atoms with E-state index in [9.17, 15) is 9.59 Å². The molecule has 2 aliphatic carbocycles. The molecule has 0 aromatic heterocycles. The van der Waals surface area contributed by atoms with Gasteiger partial charge in [0.1, 0.15) is 11.9 Å². The molecule has 8 nitrogen and oxygen atoms in total. The molecule has 5 rings (SSSR count). The van der Waals surface area contributed by atoms with E-state index in [0.717, 1.165) is 55.4 Å². The molecule has 0 saturated heterocycles. The SMILES string of the molecule is CCCOc1ccc([C@@H]2C(C(=O)OC3CCCCC3)=C(C)N=C3C[C@H](c4ccc(OC)c(OC)c4)CC(=O)C32)cc1OC. The van der Waals surface area contributed by atoms with Crippen molar-refractivity contribution in [2.45, 2.75) is 83.2 Å². The van der Waals surface area contributed by atoms with Gasteiger partial charge in [0.2, 0.25) is 0 Å². The third kappa shape index (κ3) is 6.43. The number of hydrogen-bond donors (Lipinski definition) is 0. The van der Waals surface area contributed by atoms with E-state index in [1.807, 2.05) is 50.2 Å². The van der Waals surface area contributed by atoms with Crippen molar-refractivity contribution in [2.75, 3.05) is 27.9 Å². The summed E-state index contributed by atoms with van der Waals surface area (Å²) in [4.78, 5) is 33.0. The third-order valence-electron chi connectivity index (χ3n) is 8.89. The predicted octanol–water partition coefficient (Wildman–Crippen LogP) is 6.95. The number of fused-ring (bicyclic) bond motifs is 1. The highest BCUT2D eigenvalue weighted by Gasteiger charge is 2.46. The first kappa shape index (κ1) is 30.6. The number of benzene rings is 2. The second-order valence-electron chi connectivity index (χ2n) is 11.7. The Morgan fingerprint density at radius 3 is 2.19 bits per heavy atom. The summed E-state index contributed by atoms with van der Waals surface area (Å²) in [6.45, 7) is 4.46. The van der Waals surface area contributed by atoms with Crippen molar-refractivity contribution in [1.29, 1.82) is 0 Å². The summed E-state index contributed by atoms with van der Waals surface area (Å²) in [5.41, 5.74) is 3.65. The summed E-state index contributed by atoms with van der Waals surface area (Å²) in [6, 6.07) is 11.5. The van der Waals surface area contributed by atoms with E-state index in [-0.39, 0.29) is 23.8 Å². The first-order valence-electron chi connectivity index (χ1n) is 15.4. The monoisotopic (exact) mass is 589 g/mol. The molecule has 2 fully saturated rings. The summed E-state index contributed by atoms with van der Waals surface area (Å²) in [5, 5.41) is 0. The molecule has 0 radical (unpaired) electrons. The van der Waals surface area contributed by atoms with Gasteiger partial charge >= 0.3 is 5.97 Å². The highest BCUT2D eigenvalue weighted by atomic mass is 16.5. The van der Waals surface area contributed by atoms with E-state index in [1.54, 1.807) is 21.3 Å². The molecule has 3 aliphatic rings. The van der Waals surface area contributed by atoms with Crippen LogP contribution in [0.2, 0.25) is 0 Å². The number of hydrogen-bond acceptors (Lipinski definition) is 8. The van der Waals surface area contributed by atoms with Gasteiger partial charge in [0.05, 0.1) is 39.4 Å². The molecule has 1 unspecified atom stereocenters. The van der Waals surface area contributed by atoms with E-state index < -0.39 is 11.8 Å². The zero-order chi connectivity index (χ0) is 30.5. The minimum atomic E-state index is -0.568. The lowest BCUT2D eigenvalue weighted by Crippen LogP contribution is -2.41. The molecule has 0 spiro atoms. The molecule has 2 saturated carbocycles. The second-order valence-corrected chi connectivity index (χ2v) is 11.7. The van der Waals surface area contributed by atoms with Gasteiger partial charge in [0, 0.05) is 23.7 Å². The lowest BCUT2D eigenvalue weighted by Gasteiger charge is -2.38. The van der Waals surface area contributed by atoms with Gasteiger partial charge < -0.3 is 23.7 Å². The van der Waals surface area contributed by atoms with E-state index in [0.29, 0.717) is 53.7 Å². The van der Waals surface area contributed by atoms with Gasteiger partial charge in [-0.2, -0.15) is 0 Å². The molecule has 2 aromatic rings. The number of methoxy groups -OCH3 is 3. The Morgan fingerprint density at radius 1 is 0.837 bits per heavy atom. The Kier molecular flexibility index (Phi) is 9.73. The van der Waals surface area contributed by atoms with Crippen LogP contribution < -0.4 is 18.9 Å². The fraction of sp³-hybridized carbons (Fsp3) is 0.514. The minimum Gasteiger partial charge on any atom is -0.493 e. The number of ether oxygens (including phenoxy) is 5. The van der Waals surface area contributed by atoms with Crippen molar-refractivity contribution in [3.63, 3.8) is 0 Å². The Hall–Kier alpha value is -3.81. The quantitative estimate of drug-likeness (QED) is 0.277. The number of allylic oxidation sites excluding steroid dienone is 1. The average molecular weight is 590 g/mol. The van der Waals surface area contributed by atoms with Crippen LogP contribution in [-0.2, 0) is 14.3 Å². The average Bonchev–Trinajstić information content (AvgIpc) is 3.02. The number of nitrogens with zero attached hydrogens (tertiary/aromatic N) is 1. The van der Waals surface area contributed by atoms with Crippen LogP contribution in [0.5, 0.6) is 23.0 Å². The third-order valence-corrected chi connectivity index (χ3v) is 8.89. The smallest absolute Gasteiger partial charge is 0.336 e. The van der Waals surface area contributed by atoms with Crippen LogP contribution in [0.3, 0.4) is 0 Å². The van der Waals surface area contributed by atoms with E-state index in [1.165, 1.54) is 0 Å². The van der Waals surface area contributed by atoms with Gasteiger partial charge in [-0.1, -0.05) is 25.5 Å². The zero-order valence-electron chi connectivity index (χ0n) is 25.9. The summed E-state index contributed by atoms with van der Waals surface area (Å²) in [6.07, 6.45) is 6.68. The van der Waals surface area contributed by atoms with Gasteiger partial charge in [0.25, 0.3) is 0 Å². The number of carbonyl (C=O) groups excluding carboxylic acids is 2. The molecule has 230 valence electrons. The first-order chi connectivity index (χ1) is 20.9. The van der Waals surface area contributed by atoms with Crippen LogP contribution in [0.1, 0.15) is 88.2 Å². The van der Waals surface area contributed by atoms with Crippen molar-refractivity contribution in [3.8, 4) is 23.0 Å². The molecule has 8 heteroatoms. The summed E-state index contributed by atoms with van der Waals surface area (Å²) in [7, 11) is 4.81. The van der Waals surface area contributed by atoms with E-state index >= 15 is 0 Å². The van der Waals surface area contributed by atoms with Crippen molar-refractivity contribution in [2.24, 2.45) is 10.9 Å². The van der Waals surface area contributed by atoms with Crippen LogP contribution in [0.15, 0.2) is 52.7 Å². The first-order valence-corrected chi connectivity index (χ1v) is 15.4. The Morgan fingerprint density at radius 2 is 1.49 bits per heavy atom. The maximum absolute atomic E-state index is 14.1. The number of Topliss-reactive ketones (excluding diaryl/α,β-unsaturated/α-hetero) is 1. The van der Waals surface area contributed by atoms with Crippen LogP contribution in [0.4, 0.5) is 0 Å². The molecular formula is C35H43NO7. The maximum Gasteiger partial charge on any atom is 0.336 e. The molecule has 0 N–H and O–H groups in total. The van der Waals surface area contributed by atoms with Gasteiger partial charge in [-0.3, -0.25) is 9.79 Å². The second kappa shape index (κ2) is 13.7.